The normalized spacial score (nSPS) is 32.7. The fourth-order valence-electron chi connectivity index (χ4n) is 2.01. The van der Waals surface area contributed by atoms with Crippen molar-refractivity contribution in [3.8, 4) is 0 Å². The second-order valence-electron chi connectivity index (χ2n) is 4.69. The largest absolute Gasteiger partial charge is 0.381 e. The summed E-state index contributed by atoms with van der Waals surface area (Å²) in [5.41, 5.74) is 0.852. The summed E-state index contributed by atoms with van der Waals surface area (Å²) in [6, 6.07) is 0. The Labute approximate surface area is 70.1 Å². The predicted octanol–water partition coefficient (Wildman–Crippen LogP) is 2.85. The van der Waals surface area contributed by atoms with Gasteiger partial charge in [0.15, 0.2) is 0 Å². The Hall–Kier alpha value is -0.0400. The van der Waals surface area contributed by atoms with Gasteiger partial charge in [0.1, 0.15) is 0 Å². The summed E-state index contributed by atoms with van der Waals surface area (Å²) in [5, 5.41) is 0. The van der Waals surface area contributed by atoms with E-state index in [1.165, 1.54) is 12.8 Å². The van der Waals surface area contributed by atoms with E-state index in [2.05, 4.69) is 27.7 Å². The minimum Gasteiger partial charge on any atom is -0.381 e. The molecule has 1 aliphatic rings. The van der Waals surface area contributed by atoms with Crippen LogP contribution in [-0.2, 0) is 4.74 Å². The maximum absolute atomic E-state index is 5.48. The smallest absolute Gasteiger partial charge is 0.0528 e. The van der Waals surface area contributed by atoms with E-state index in [1.807, 2.05) is 0 Å². The molecule has 66 valence electrons. The van der Waals surface area contributed by atoms with Gasteiger partial charge in [-0.1, -0.05) is 27.7 Å². The zero-order chi connectivity index (χ0) is 8.54. The van der Waals surface area contributed by atoms with Crippen LogP contribution >= 0.6 is 0 Å². The first-order valence-electron chi connectivity index (χ1n) is 4.60. The SMILES string of the molecule is CC[C@]1(C(C)(C)C)CCOC1. The van der Waals surface area contributed by atoms with Gasteiger partial charge in [0.05, 0.1) is 6.61 Å². The Bertz CT molecular complexity index is 126. The van der Waals surface area contributed by atoms with Crippen molar-refractivity contribution < 1.29 is 4.74 Å². The van der Waals surface area contributed by atoms with Crippen molar-refractivity contribution in [2.75, 3.05) is 13.2 Å². The van der Waals surface area contributed by atoms with Gasteiger partial charge < -0.3 is 4.74 Å². The zero-order valence-corrected chi connectivity index (χ0v) is 8.24. The minimum absolute atomic E-state index is 0.401. The first-order valence-corrected chi connectivity index (χ1v) is 4.60. The van der Waals surface area contributed by atoms with Crippen LogP contribution in [0.4, 0.5) is 0 Å². The van der Waals surface area contributed by atoms with Crippen molar-refractivity contribution in [1.29, 1.82) is 0 Å². The van der Waals surface area contributed by atoms with Gasteiger partial charge in [0, 0.05) is 12.0 Å². The third-order valence-electron chi connectivity index (χ3n) is 3.37. The highest BCUT2D eigenvalue weighted by atomic mass is 16.5. The van der Waals surface area contributed by atoms with E-state index in [0.29, 0.717) is 10.8 Å². The maximum Gasteiger partial charge on any atom is 0.0528 e. The summed E-state index contributed by atoms with van der Waals surface area (Å²) in [5.74, 6) is 0. The lowest BCUT2D eigenvalue weighted by Gasteiger charge is -2.40. The van der Waals surface area contributed by atoms with Gasteiger partial charge in [-0.15, -0.1) is 0 Å². The molecule has 11 heavy (non-hydrogen) atoms. The number of rotatable bonds is 1. The van der Waals surface area contributed by atoms with Crippen molar-refractivity contribution >= 4 is 0 Å². The Morgan fingerprint density at radius 3 is 2.18 bits per heavy atom. The molecule has 0 radical (unpaired) electrons. The van der Waals surface area contributed by atoms with Gasteiger partial charge in [-0.3, -0.25) is 0 Å². The van der Waals surface area contributed by atoms with Gasteiger partial charge >= 0.3 is 0 Å². The van der Waals surface area contributed by atoms with Gasteiger partial charge in [0.25, 0.3) is 0 Å². The molecule has 1 aliphatic heterocycles. The molecular weight excluding hydrogens is 136 g/mol. The minimum atomic E-state index is 0.401. The summed E-state index contributed by atoms with van der Waals surface area (Å²) in [4.78, 5) is 0. The molecule has 0 N–H and O–H groups in total. The van der Waals surface area contributed by atoms with Crippen molar-refractivity contribution in [1.82, 2.24) is 0 Å². The fraction of sp³-hybridized carbons (Fsp3) is 1.00. The molecule has 1 saturated heterocycles. The third-order valence-corrected chi connectivity index (χ3v) is 3.37. The summed E-state index contributed by atoms with van der Waals surface area (Å²) >= 11 is 0. The Morgan fingerprint density at radius 1 is 1.36 bits per heavy atom. The van der Waals surface area contributed by atoms with Crippen LogP contribution in [-0.4, -0.2) is 13.2 Å². The lowest BCUT2D eigenvalue weighted by molar-refractivity contribution is 0.0568. The van der Waals surface area contributed by atoms with E-state index in [1.54, 1.807) is 0 Å². The van der Waals surface area contributed by atoms with Crippen LogP contribution in [0.5, 0.6) is 0 Å². The van der Waals surface area contributed by atoms with E-state index < -0.39 is 0 Å². The highest BCUT2D eigenvalue weighted by Gasteiger charge is 2.43. The van der Waals surface area contributed by atoms with Crippen LogP contribution in [0.1, 0.15) is 40.5 Å². The molecule has 0 spiro atoms. The second-order valence-corrected chi connectivity index (χ2v) is 4.69. The van der Waals surface area contributed by atoms with Crippen molar-refractivity contribution in [2.45, 2.75) is 40.5 Å². The molecule has 0 saturated carbocycles. The van der Waals surface area contributed by atoms with Crippen LogP contribution in [0.15, 0.2) is 0 Å². The Balaban J connectivity index is 2.75. The molecule has 0 bridgehead atoms. The first kappa shape index (κ1) is 9.05. The standard InChI is InChI=1S/C10H20O/c1-5-10(9(2,3)4)6-7-11-8-10/h5-8H2,1-4H3/t10-/m0/s1. The molecule has 1 rings (SSSR count). The van der Waals surface area contributed by atoms with Crippen LogP contribution in [0.25, 0.3) is 0 Å². The molecule has 1 nitrogen and oxygen atoms in total. The lowest BCUT2D eigenvalue weighted by Crippen LogP contribution is -2.35. The van der Waals surface area contributed by atoms with E-state index >= 15 is 0 Å². The molecule has 1 heterocycles. The fourth-order valence-corrected chi connectivity index (χ4v) is 2.01. The van der Waals surface area contributed by atoms with Crippen molar-refractivity contribution in [2.24, 2.45) is 10.8 Å². The summed E-state index contributed by atoms with van der Waals surface area (Å²) in [7, 11) is 0. The maximum atomic E-state index is 5.48. The van der Waals surface area contributed by atoms with E-state index in [0.717, 1.165) is 13.2 Å². The van der Waals surface area contributed by atoms with Gasteiger partial charge in [-0.05, 0) is 18.3 Å². The number of hydrogen-bond acceptors (Lipinski definition) is 1. The van der Waals surface area contributed by atoms with E-state index in [4.69, 9.17) is 4.74 Å². The monoisotopic (exact) mass is 156 g/mol. The summed E-state index contributed by atoms with van der Waals surface area (Å²) < 4.78 is 5.48. The van der Waals surface area contributed by atoms with Crippen molar-refractivity contribution in [3.63, 3.8) is 0 Å². The van der Waals surface area contributed by atoms with Gasteiger partial charge in [0.2, 0.25) is 0 Å². The average molecular weight is 156 g/mol. The lowest BCUT2D eigenvalue weighted by atomic mass is 9.64. The second kappa shape index (κ2) is 2.78. The molecule has 0 aromatic heterocycles. The van der Waals surface area contributed by atoms with E-state index in [9.17, 15) is 0 Å². The van der Waals surface area contributed by atoms with Crippen LogP contribution in [0, 0.1) is 10.8 Å². The van der Waals surface area contributed by atoms with E-state index in [-0.39, 0.29) is 0 Å². The molecule has 0 aromatic rings. The first-order chi connectivity index (χ1) is 5.02. The van der Waals surface area contributed by atoms with Crippen molar-refractivity contribution in [3.05, 3.63) is 0 Å². The molecule has 1 heteroatoms. The number of hydrogen-bond donors (Lipinski definition) is 0. The van der Waals surface area contributed by atoms with Gasteiger partial charge in [-0.25, -0.2) is 0 Å². The predicted molar refractivity (Wildman–Crippen MR) is 47.6 cm³/mol. The molecule has 1 fully saturated rings. The number of ether oxygens (including phenoxy) is 1. The van der Waals surface area contributed by atoms with Crippen LogP contribution in [0.3, 0.4) is 0 Å². The molecule has 0 amide bonds. The Kier molecular flexibility index (Phi) is 2.29. The molecule has 0 aliphatic carbocycles. The third kappa shape index (κ3) is 1.44. The zero-order valence-electron chi connectivity index (χ0n) is 8.24. The average Bonchev–Trinajstić information content (AvgIpc) is 2.33. The molecule has 0 unspecified atom stereocenters. The van der Waals surface area contributed by atoms with Crippen LogP contribution in [0.2, 0.25) is 0 Å². The highest BCUT2D eigenvalue weighted by molar-refractivity contribution is 4.91. The van der Waals surface area contributed by atoms with Gasteiger partial charge in [-0.2, -0.15) is 0 Å². The summed E-state index contributed by atoms with van der Waals surface area (Å²) in [6.07, 6.45) is 2.49. The molecular formula is C10H20O. The topological polar surface area (TPSA) is 9.23 Å². The Morgan fingerprint density at radius 2 is 2.00 bits per heavy atom. The molecule has 1 atom stereocenters. The summed E-state index contributed by atoms with van der Waals surface area (Å²) in [6.45, 7) is 11.2. The highest BCUT2D eigenvalue weighted by Crippen LogP contribution is 2.47. The van der Waals surface area contributed by atoms with Crippen LogP contribution < -0.4 is 0 Å². The quantitative estimate of drug-likeness (QED) is 0.567. The molecule has 0 aromatic carbocycles.